The molecule has 1 fully saturated rings. The molecule has 1 aliphatic rings. The van der Waals surface area contributed by atoms with E-state index in [1.54, 1.807) is 0 Å². The fraction of sp³-hybridized carbons (Fsp3) is 0.562. The number of morpholine rings is 1. The maximum absolute atomic E-state index is 12.1. The van der Waals surface area contributed by atoms with Gasteiger partial charge in [0.2, 0.25) is 0 Å². The number of benzene rings is 1. The Balaban J connectivity index is 1.72. The Morgan fingerprint density at radius 2 is 2.10 bits per heavy atom. The molecule has 0 aromatic heterocycles. The molecule has 21 heavy (non-hydrogen) atoms. The summed E-state index contributed by atoms with van der Waals surface area (Å²) in [5, 5.41) is 6.09. The average molecular weight is 291 g/mol. The van der Waals surface area contributed by atoms with Crippen LogP contribution in [0.3, 0.4) is 0 Å². The fourth-order valence-electron chi connectivity index (χ4n) is 2.52. The van der Waals surface area contributed by atoms with Crippen LogP contribution >= 0.6 is 0 Å². The van der Waals surface area contributed by atoms with Crippen molar-refractivity contribution in [3.63, 3.8) is 0 Å². The Labute approximate surface area is 126 Å². The predicted octanol–water partition coefficient (Wildman–Crippen LogP) is 1.49. The summed E-state index contributed by atoms with van der Waals surface area (Å²) < 4.78 is 5.32. The highest BCUT2D eigenvalue weighted by atomic mass is 16.5. The molecule has 0 atom stereocenters. The van der Waals surface area contributed by atoms with E-state index < -0.39 is 0 Å². The first-order valence-corrected chi connectivity index (χ1v) is 7.57. The third-order valence-corrected chi connectivity index (χ3v) is 3.80. The van der Waals surface area contributed by atoms with E-state index in [9.17, 15) is 4.79 Å². The minimum absolute atomic E-state index is 0.00253. The van der Waals surface area contributed by atoms with Gasteiger partial charge in [-0.2, -0.15) is 0 Å². The van der Waals surface area contributed by atoms with Crippen LogP contribution in [0.25, 0.3) is 0 Å². The van der Waals surface area contributed by atoms with Crippen LogP contribution in [0.5, 0.6) is 0 Å². The van der Waals surface area contributed by atoms with Crippen LogP contribution in [-0.2, 0) is 4.74 Å². The first-order valence-electron chi connectivity index (χ1n) is 7.57. The maximum Gasteiger partial charge on any atom is 0.251 e. The maximum atomic E-state index is 12.1. The Morgan fingerprint density at radius 3 is 2.76 bits per heavy atom. The van der Waals surface area contributed by atoms with Gasteiger partial charge in [-0.25, -0.2) is 0 Å². The monoisotopic (exact) mass is 291 g/mol. The van der Waals surface area contributed by atoms with Gasteiger partial charge in [0.05, 0.1) is 13.2 Å². The molecule has 116 valence electrons. The summed E-state index contributed by atoms with van der Waals surface area (Å²) >= 11 is 0. The molecule has 5 nitrogen and oxygen atoms in total. The second-order valence-electron chi connectivity index (χ2n) is 5.34. The Hall–Kier alpha value is -1.59. The zero-order valence-electron chi connectivity index (χ0n) is 12.9. The van der Waals surface area contributed by atoms with Gasteiger partial charge < -0.3 is 15.4 Å². The number of anilines is 1. The van der Waals surface area contributed by atoms with Gasteiger partial charge in [-0.1, -0.05) is 0 Å². The van der Waals surface area contributed by atoms with Crippen LogP contribution in [0.15, 0.2) is 18.2 Å². The highest BCUT2D eigenvalue weighted by molar-refractivity contribution is 5.94. The molecule has 0 saturated carbocycles. The van der Waals surface area contributed by atoms with Gasteiger partial charge in [-0.05, 0) is 43.7 Å². The highest BCUT2D eigenvalue weighted by Crippen LogP contribution is 2.15. The fourth-order valence-corrected chi connectivity index (χ4v) is 2.52. The van der Waals surface area contributed by atoms with E-state index in [1.807, 2.05) is 32.2 Å². The van der Waals surface area contributed by atoms with Gasteiger partial charge in [0, 0.05) is 37.9 Å². The lowest BCUT2D eigenvalue weighted by molar-refractivity contribution is 0.0374. The van der Waals surface area contributed by atoms with Crippen LogP contribution in [0.4, 0.5) is 5.69 Å². The number of carbonyl (C=O) groups is 1. The number of rotatable bonds is 6. The smallest absolute Gasteiger partial charge is 0.251 e. The predicted molar refractivity (Wildman–Crippen MR) is 84.9 cm³/mol. The van der Waals surface area contributed by atoms with E-state index in [-0.39, 0.29) is 5.91 Å². The molecule has 0 aliphatic carbocycles. The first-order chi connectivity index (χ1) is 10.2. The summed E-state index contributed by atoms with van der Waals surface area (Å²) in [5.41, 5.74) is 2.86. The van der Waals surface area contributed by atoms with Crippen LogP contribution in [-0.4, -0.2) is 57.2 Å². The van der Waals surface area contributed by atoms with Gasteiger partial charge in [-0.15, -0.1) is 0 Å². The Morgan fingerprint density at radius 1 is 1.33 bits per heavy atom. The van der Waals surface area contributed by atoms with Crippen molar-refractivity contribution in [1.82, 2.24) is 10.2 Å². The van der Waals surface area contributed by atoms with Crippen molar-refractivity contribution >= 4 is 11.6 Å². The number of aryl methyl sites for hydroxylation is 1. The van der Waals surface area contributed by atoms with Gasteiger partial charge in [0.1, 0.15) is 0 Å². The third kappa shape index (κ3) is 4.72. The number of ether oxygens (including phenoxy) is 1. The van der Waals surface area contributed by atoms with Crippen molar-refractivity contribution in [2.75, 3.05) is 51.8 Å². The summed E-state index contributed by atoms with van der Waals surface area (Å²) in [6.45, 7) is 7.37. The summed E-state index contributed by atoms with van der Waals surface area (Å²) in [6, 6.07) is 5.72. The van der Waals surface area contributed by atoms with Gasteiger partial charge >= 0.3 is 0 Å². The van der Waals surface area contributed by atoms with E-state index in [1.165, 1.54) is 0 Å². The van der Waals surface area contributed by atoms with Gasteiger partial charge in [0.15, 0.2) is 0 Å². The third-order valence-electron chi connectivity index (χ3n) is 3.80. The minimum Gasteiger partial charge on any atom is -0.388 e. The van der Waals surface area contributed by atoms with Crippen molar-refractivity contribution in [3.05, 3.63) is 29.3 Å². The van der Waals surface area contributed by atoms with Crippen molar-refractivity contribution < 1.29 is 9.53 Å². The first kappa shape index (κ1) is 15.8. The molecule has 1 saturated heterocycles. The Kier molecular flexibility index (Phi) is 6.02. The highest BCUT2D eigenvalue weighted by Gasteiger charge is 2.10. The quantitative estimate of drug-likeness (QED) is 0.780. The summed E-state index contributed by atoms with van der Waals surface area (Å²) in [7, 11) is 1.88. The SMILES string of the molecule is CNc1ccc(C(=O)NCCCN2CCOCC2)cc1C. The second-order valence-corrected chi connectivity index (χ2v) is 5.34. The van der Waals surface area contributed by atoms with E-state index >= 15 is 0 Å². The molecule has 1 aliphatic heterocycles. The second kappa shape index (κ2) is 8.00. The van der Waals surface area contributed by atoms with Crippen LogP contribution in [0.2, 0.25) is 0 Å². The zero-order chi connectivity index (χ0) is 15.1. The Bertz CT molecular complexity index is 471. The van der Waals surface area contributed by atoms with E-state index in [4.69, 9.17) is 4.74 Å². The molecule has 0 bridgehead atoms. The largest absolute Gasteiger partial charge is 0.388 e. The number of nitrogens with zero attached hydrogens (tertiary/aromatic N) is 1. The van der Waals surface area contributed by atoms with Crippen LogP contribution in [0.1, 0.15) is 22.3 Å². The normalized spacial score (nSPS) is 15.7. The standard InChI is InChI=1S/C16H25N3O2/c1-13-12-14(4-5-15(13)17-2)16(20)18-6-3-7-19-8-10-21-11-9-19/h4-5,12,17H,3,6-11H2,1-2H3,(H,18,20). The van der Waals surface area contributed by atoms with Crippen LogP contribution < -0.4 is 10.6 Å². The summed E-state index contributed by atoms with van der Waals surface area (Å²) in [6.07, 6.45) is 0.972. The number of hydrogen-bond acceptors (Lipinski definition) is 4. The molecular formula is C16H25N3O2. The zero-order valence-corrected chi connectivity index (χ0v) is 12.9. The number of amides is 1. The molecular weight excluding hydrogens is 266 g/mol. The van der Waals surface area contributed by atoms with Gasteiger partial charge in [-0.3, -0.25) is 9.69 Å². The molecule has 0 spiro atoms. The number of hydrogen-bond donors (Lipinski definition) is 2. The molecule has 1 heterocycles. The number of nitrogens with one attached hydrogen (secondary N) is 2. The van der Waals surface area contributed by atoms with Crippen molar-refractivity contribution in [3.8, 4) is 0 Å². The van der Waals surface area contributed by atoms with E-state index in [0.29, 0.717) is 6.54 Å². The van der Waals surface area contributed by atoms with Crippen molar-refractivity contribution in [1.29, 1.82) is 0 Å². The minimum atomic E-state index is 0.00253. The molecule has 1 aromatic carbocycles. The van der Waals surface area contributed by atoms with E-state index in [0.717, 1.165) is 56.1 Å². The molecule has 5 heteroatoms. The lowest BCUT2D eigenvalue weighted by Crippen LogP contribution is -2.38. The molecule has 0 unspecified atom stereocenters. The summed E-state index contributed by atoms with van der Waals surface area (Å²) in [4.78, 5) is 14.5. The average Bonchev–Trinajstić information content (AvgIpc) is 2.52. The van der Waals surface area contributed by atoms with Crippen LogP contribution in [0, 0.1) is 6.92 Å². The topological polar surface area (TPSA) is 53.6 Å². The van der Waals surface area contributed by atoms with Crippen molar-refractivity contribution in [2.45, 2.75) is 13.3 Å². The molecule has 2 N–H and O–H groups in total. The summed E-state index contributed by atoms with van der Waals surface area (Å²) in [5.74, 6) is 0.00253. The molecule has 0 radical (unpaired) electrons. The number of carbonyl (C=O) groups excluding carboxylic acids is 1. The molecule has 2 rings (SSSR count). The van der Waals surface area contributed by atoms with Crippen molar-refractivity contribution in [2.24, 2.45) is 0 Å². The lowest BCUT2D eigenvalue weighted by Gasteiger charge is -2.26. The molecule has 1 amide bonds. The lowest BCUT2D eigenvalue weighted by atomic mass is 10.1. The van der Waals surface area contributed by atoms with Gasteiger partial charge in [0.25, 0.3) is 5.91 Å². The van der Waals surface area contributed by atoms with E-state index in [2.05, 4.69) is 15.5 Å². The molecule has 1 aromatic rings.